The molecule has 0 bridgehead atoms. The van der Waals surface area contributed by atoms with Gasteiger partial charge in [-0.1, -0.05) is 57.1 Å². The van der Waals surface area contributed by atoms with Gasteiger partial charge in [0, 0.05) is 0 Å². The van der Waals surface area contributed by atoms with E-state index in [-0.39, 0.29) is 0 Å². The quantitative estimate of drug-likeness (QED) is 0.420. The summed E-state index contributed by atoms with van der Waals surface area (Å²) in [7, 11) is 0. The van der Waals surface area contributed by atoms with E-state index in [1.165, 1.54) is 57.1 Å². The van der Waals surface area contributed by atoms with E-state index in [1.807, 2.05) is 0 Å². The van der Waals surface area contributed by atoms with Crippen molar-refractivity contribution in [2.24, 2.45) is 11.8 Å². The van der Waals surface area contributed by atoms with Crippen LogP contribution in [0.2, 0.25) is 0 Å². The molecule has 1 aliphatic carbocycles. The summed E-state index contributed by atoms with van der Waals surface area (Å²) in [4.78, 5) is 0. The molecule has 1 aromatic carbocycles. The van der Waals surface area contributed by atoms with E-state index in [4.69, 9.17) is 0 Å². The maximum atomic E-state index is 13.2. The predicted molar refractivity (Wildman–Crippen MR) is 93.5 cm³/mol. The number of halogens is 3. The van der Waals surface area contributed by atoms with Crippen molar-refractivity contribution in [2.45, 2.75) is 70.6 Å². The molecule has 134 valence electrons. The average Bonchev–Trinajstić information content (AvgIpc) is 2.60. The van der Waals surface area contributed by atoms with Gasteiger partial charge >= 0.3 is 0 Å². The Balaban J connectivity index is 1.58. The summed E-state index contributed by atoms with van der Waals surface area (Å²) >= 11 is 0. The molecule has 0 saturated heterocycles. The molecular weight excluding hydrogens is 309 g/mol. The van der Waals surface area contributed by atoms with Crippen LogP contribution >= 0.6 is 0 Å². The number of rotatable bonds is 9. The fourth-order valence-corrected chi connectivity index (χ4v) is 3.81. The van der Waals surface area contributed by atoms with Gasteiger partial charge in [0.25, 0.3) is 0 Å². The summed E-state index contributed by atoms with van der Waals surface area (Å²) in [5.74, 6) is 0.0727. The zero-order valence-electron chi connectivity index (χ0n) is 14.5. The predicted octanol–water partition coefficient (Wildman–Crippen LogP) is 7.14. The summed E-state index contributed by atoms with van der Waals surface area (Å²) < 4.78 is 38.0. The van der Waals surface area contributed by atoms with Gasteiger partial charge in [0.15, 0.2) is 11.6 Å². The van der Waals surface area contributed by atoms with Crippen molar-refractivity contribution in [1.82, 2.24) is 0 Å². The number of hydrogen-bond donors (Lipinski definition) is 0. The molecule has 0 nitrogen and oxygen atoms in total. The summed E-state index contributed by atoms with van der Waals surface area (Å²) in [6, 6.07) is 4.26. The van der Waals surface area contributed by atoms with Crippen LogP contribution in [0.4, 0.5) is 13.2 Å². The van der Waals surface area contributed by atoms with Crippen LogP contribution in [0, 0.1) is 23.5 Å². The Hall–Kier alpha value is -1.25. The van der Waals surface area contributed by atoms with Crippen molar-refractivity contribution in [2.75, 3.05) is 0 Å². The molecule has 0 aliphatic heterocycles. The first-order valence-electron chi connectivity index (χ1n) is 9.38. The Morgan fingerprint density at radius 1 is 0.875 bits per heavy atom. The van der Waals surface area contributed by atoms with Crippen LogP contribution in [-0.2, 0) is 6.42 Å². The first-order chi connectivity index (χ1) is 11.7. The van der Waals surface area contributed by atoms with Crippen molar-refractivity contribution in [3.8, 4) is 0 Å². The first kappa shape index (κ1) is 19.1. The minimum absolute atomic E-state index is 0.640. The number of benzene rings is 1. The second-order valence-corrected chi connectivity index (χ2v) is 7.17. The number of allylic oxidation sites excluding steroid dienone is 1. The van der Waals surface area contributed by atoms with Gasteiger partial charge in [-0.2, -0.15) is 0 Å². The molecule has 0 N–H and O–H groups in total. The molecule has 0 amide bonds. The Bertz CT molecular complexity index is 502. The van der Waals surface area contributed by atoms with Gasteiger partial charge in [-0.3, -0.25) is 0 Å². The summed E-state index contributed by atoms with van der Waals surface area (Å²) in [5, 5.41) is 0. The topological polar surface area (TPSA) is 0 Å². The van der Waals surface area contributed by atoms with Crippen LogP contribution in [0.15, 0.2) is 30.6 Å². The maximum absolute atomic E-state index is 13.2. The third kappa shape index (κ3) is 6.70. The van der Waals surface area contributed by atoms with Crippen molar-refractivity contribution in [3.63, 3.8) is 0 Å². The van der Waals surface area contributed by atoms with E-state index in [1.54, 1.807) is 12.1 Å². The lowest BCUT2D eigenvalue weighted by Crippen LogP contribution is -2.15. The van der Waals surface area contributed by atoms with Crippen molar-refractivity contribution in [3.05, 3.63) is 47.8 Å². The molecule has 3 heteroatoms. The molecule has 1 fully saturated rings. The minimum atomic E-state index is -0.764. The lowest BCUT2D eigenvalue weighted by atomic mass is 9.78. The molecule has 2 rings (SSSR count). The Kier molecular flexibility index (Phi) is 8.41. The number of hydrogen-bond acceptors (Lipinski definition) is 0. The fraction of sp³-hybridized carbons (Fsp3) is 0.619. The van der Waals surface area contributed by atoms with E-state index in [2.05, 4.69) is 0 Å². The molecule has 0 unspecified atom stereocenters. The number of unbranched alkanes of at least 4 members (excludes halogenated alkanes) is 3. The van der Waals surface area contributed by atoms with E-state index >= 15 is 0 Å². The van der Waals surface area contributed by atoms with Gasteiger partial charge in [0.05, 0.1) is 6.33 Å². The van der Waals surface area contributed by atoms with E-state index in [9.17, 15) is 13.2 Å². The highest BCUT2D eigenvalue weighted by Gasteiger charge is 2.20. The zero-order chi connectivity index (χ0) is 17.2. The largest absolute Gasteiger partial charge is 0.216 e. The lowest BCUT2D eigenvalue weighted by molar-refractivity contribution is 0.249. The first-order valence-corrected chi connectivity index (χ1v) is 9.38. The SMILES string of the molecule is F/C=C/CCCCC[C@H]1CC[C@H](CCc2ccc(F)c(F)c2)CC1. The van der Waals surface area contributed by atoms with Crippen LogP contribution in [0.25, 0.3) is 0 Å². The Morgan fingerprint density at radius 3 is 2.25 bits per heavy atom. The highest BCUT2D eigenvalue weighted by atomic mass is 19.2. The lowest BCUT2D eigenvalue weighted by Gasteiger charge is -2.28. The van der Waals surface area contributed by atoms with E-state index in [0.29, 0.717) is 6.33 Å². The van der Waals surface area contributed by atoms with Gasteiger partial charge in [-0.05, 0) is 55.2 Å². The molecule has 1 aliphatic rings. The molecule has 0 heterocycles. The van der Waals surface area contributed by atoms with Crippen molar-refractivity contribution in [1.29, 1.82) is 0 Å². The Labute approximate surface area is 144 Å². The van der Waals surface area contributed by atoms with Gasteiger partial charge in [0.1, 0.15) is 0 Å². The molecule has 1 saturated carbocycles. The van der Waals surface area contributed by atoms with Gasteiger partial charge in [-0.25, -0.2) is 13.2 Å². The van der Waals surface area contributed by atoms with E-state index in [0.717, 1.165) is 43.1 Å². The second-order valence-electron chi connectivity index (χ2n) is 7.17. The molecule has 0 radical (unpaired) electrons. The van der Waals surface area contributed by atoms with Crippen LogP contribution in [0.1, 0.15) is 69.8 Å². The molecule has 1 aromatic rings. The maximum Gasteiger partial charge on any atom is 0.159 e. The Morgan fingerprint density at radius 2 is 1.58 bits per heavy atom. The summed E-state index contributed by atoms with van der Waals surface area (Å²) in [6.45, 7) is 0. The molecule has 0 aromatic heterocycles. The normalized spacial score (nSPS) is 21.5. The molecule has 0 atom stereocenters. The van der Waals surface area contributed by atoms with Crippen LogP contribution in [0.3, 0.4) is 0 Å². The highest BCUT2D eigenvalue weighted by molar-refractivity contribution is 5.17. The summed E-state index contributed by atoms with van der Waals surface area (Å²) in [5.41, 5.74) is 0.901. The third-order valence-corrected chi connectivity index (χ3v) is 5.36. The van der Waals surface area contributed by atoms with Crippen LogP contribution < -0.4 is 0 Å². The monoisotopic (exact) mass is 338 g/mol. The van der Waals surface area contributed by atoms with Gasteiger partial charge in [0.2, 0.25) is 0 Å². The van der Waals surface area contributed by atoms with Gasteiger partial charge < -0.3 is 0 Å². The fourth-order valence-electron chi connectivity index (χ4n) is 3.81. The zero-order valence-corrected chi connectivity index (χ0v) is 14.5. The molecular formula is C21H29F3. The minimum Gasteiger partial charge on any atom is -0.216 e. The summed E-state index contributed by atoms with van der Waals surface area (Å²) in [6.07, 6.45) is 15.0. The number of aryl methyl sites for hydroxylation is 1. The van der Waals surface area contributed by atoms with Gasteiger partial charge in [-0.15, -0.1) is 0 Å². The molecule has 24 heavy (non-hydrogen) atoms. The van der Waals surface area contributed by atoms with Crippen molar-refractivity contribution < 1.29 is 13.2 Å². The van der Waals surface area contributed by atoms with Crippen LogP contribution in [-0.4, -0.2) is 0 Å². The smallest absolute Gasteiger partial charge is 0.159 e. The van der Waals surface area contributed by atoms with Crippen LogP contribution in [0.5, 0.6) is 0 Å². The standard InChI is InChI=1S/C21H29F3/c22-15-5-3-1-2-4-6-17-7-9-18(10-8-17)11-12-19-13-14-20(23)21(24)16-19/h5,13-18H,1-4,6-12H2/b15-5+/t17-,18-. The van der Waals surface area contributed by atoms with E-state index < -0.39 is 11.6 Å². The van der Waals surface area contributed by atoms with Crippen molar-refractivity contribution >= 4 is 0 Å². The molecule has 0 spiro atoms. The second kappa shape index (κ2) is 10.6. The average molecular weight is 338 g/mol. The highest BCUT2D eigenvalue weighted by Crippen LogP contribution is 2.34. The third-order valence-electron chi connectivity index (χ3n) is 5.36.